The van der Waals surface area contributed by atoms with Gasteiger partial charge in [-0.15, -0.1) is 0 Å². The zero-order valence-corrected chi connectivity index (χ0v) is 10.9. The highest BCUT2D eigenvalue weighted by atomic mass is 35.5. The van der Waals surface area contributed by atoms with Crippen LogP contribution < -0.4 is 5.32 Å². The van der Waals surface area contributed by atoms with Crippen LogP contribution in [0.4, 0.5) is 5.69 Å². The van der Waals surface area contributed by atoms with Crippen molar-refractivity contribution >= 4 is 40.8 Å². The molecule has 0 saturated heterocycles. The lowest BCUT2D eigenvalue weighted by Crippen LogP contribution is -2.25. The second kappa shape index (κ2) is 5.89. The van der Waals surface area contributed by atoms with E-state index < -0.39 is 11.9 Å². The molecule has 0 saturated carbocycles. The van der Waals surface area contributed by atoms with Crippen molar-refractivity contribution in [3.05, 3.63) is 27.7 Å². The Balaban J connectivity index is 2.85. The van der Waals surface area contributed by atoms with Crippen LogP contribution in [0, 0.1) is 6.92 Å². The molecule has 1 amide bonds. The molecule has 0 aliphatic carbocycles. The lowest BCUT2D eigenvalue weighted by atomic mass is 10.2. The average Bonchev–Trinajstić information content (AvgIpc) is 2.26. The van der Waals surface area contributed by atoms with Gasteiger partial charge in [0.1, 0.15) is 0 Å². The third kappa shape index (κ3) is 3.61. The highest BCUT2D eigenvalue weighted by Gasteiger charge is 2.16. The number of esters is 1. The summed E-state index contributed by atoms with van der Waals surface area (Å²) in [7, 11) is 0. The number of carbonyl (C=O) groups is 2. The van der Waals surface area contributed by atoms with Crippen LogP contribution >= 0.6 is 23.2 Å². The first-order valence-corrected chi connectivity index (χ1v) is 5.65. The number of hydrogen-bond donors (Lipinski definition) is 1. The molecule has 6 heteroatoms. The zero-order valence-electron chi connectivity index (χ0n) is 9.34. The lowest BCUT2D eigenvalue weighted by Gasteiger charge is -2.08. The summed E-state index contributed by atoms with van der Waals surface area (Å²) >= 11 is 11.8. The van der Waals surface area contributed by atoms with Crippen LogP contribution in [0.2, 0.25) is 10.0 Å². The van der Waals surface area contributed by atoms with E-state index in [-0.39, 0.29) is 12.3 Å². The van der Waals surface area contributed by atoms with Crippen LogP contribution in [0.1, 0.15) is 12.5 Å². The SMILES string of the molecule is CCOC(=O)C(=O)Nc1cc(Cl)c(C)cc1Cl. The number of halogens is 2. The molecule has 0 spiro atoms. The van der Waals surface area contributed by atoms with Gasteiger partial charge in [-0.3, -0.25) is 4.79 Å². The van der Waals surface area contributed by atoms with E-state index in [0.717, 1.165) is 5.56 Å². The summed E-state index contributed by atoms with van der Waals surface area (Å²) in [5.74, 6) is -1.84. The predicted octanol–water partition coefficient (Wildman–Crippen LogP) is 2.80. The number of ether oxygens (including phenoxy) is 1. The minimum Gasteiger partial charge on any atom is -0.459 e. The van der Waals surface area contributed by atoms with Gasteiger partial charge in [0.25, 0.3) is 0 Å². The Morgan fingerprint density at radius 3 is 2.53 bits per heavy atom. The van der Waals surface area contributed by atoms with Crippen LogP contribution in [0.5, 0.6) is 0 Å². The molecular weight excluding hydrogens is 265 g/mol. The van der Waals surface area contributed by atoms with Crippen molar-refractivity contribution in [2.45, 2.75) is 13.8 Å². The molecule has 92 valence electrons. The Kier molecular flexibility index (Phi) is 4.78. The van der Waals surface area contributed by atoms with Gasteiger partial charge in [0.05, 0.1) is 17.3 Å². The smallest absolute Gasteiger partial charge is 0.397 e. The Morgan fingerprint density at radius 1 is 1.29 bits per heavy atom. The molecule has 0 aliphatic rings. The van der Waals surface area contributed by atoms with E-state index >= 15 is 0 Å². The molecule has 0 aromatic heterocycles. The van der Waals surface area contributed by atoms with Gasteiger partial charge in [-0.05, 0) is 31.5 Å². The maximum atomic E-state index is 11.4. The fourth-order valence-corrected chi connectivity index (χ4v) is 1.54. The predicted molar refractivity (Wildman–Crippen MR) is 66.5 cm³/mol. The molecule has 1 rings (SSSR count). The molecule has 1 aromatic carbocycles. The summed E-state index contributed by atoms with van der Waals surface area (Å²) in [4.78, 5) is 22.5. The zero-order chi connectivity index (χ0) is 13.0. The van der Waals surface area contributed by atoms with Crippen LogP contribution in [0.25, 0.3) is 0 Å². The van der Waals surface area contributed by atoms with Gasteiger partial charge in [-0.1, -0.05) is 23.2 Å². The molecule has 0 unspecified atom stereocenters. The first-order chi connectivity index (χ1) is 7.95. The number of benzene rings is 1. The van der Waals surface area contributed by atoms with E-state index in [1.807, 2.05) is 0 Å². The van der Waals surface area contributed by atoms with Crippen molar-refractivity contribution < 1.29 is 14.3 Å². The topological polar surface area (TPSA) is 55.4 Å². The molecule has 0 heterocycles. The summed E-state index contributed by atoms with van der Waals surface area (Å²) in [6.07, 6.45) is 0. The third-order valence-electron chi connectivity index (χ3n) is 1.96. The molecule has 17 heavy (non-hydrogen) atoms. The third-order valence-corrected chi connectivity index (χ3v) is 2.68. The number of rotatable bonds is 2. The molecule has 1 aromatic rings. The van der Waals surface area contributed by atoms with E-state index in [0.29, 0.717) is 10.0 Å². The maximum absolute atomic E-state index is 11.4. The number of anilines is 1. The van der Waals surface area contributed by atoms with Gasteiger partial charge in [-0.25, -0.2) is 4.79 Å². The minimum absolute atomic E-state index is 0.134. The highest BCUT2D eigenvalue weighted by molar-refractivity contribution is 6.40. The monoisotopic (exact) mass is 275 g/mol. The summed E-state index contributed by atoms with van der Waals surface area (Å²) in [6, 6.07) is 3.08. The Labute approximate surface area is 109 Å². The second-order valence-electron chi connectivity index (χ2n) is 3.26. The van der Waals surface area contributed by atoms with Crippen molar-refractivity contribution in [2.75, 3.05) is 11.9 Å². The molecule has 4 nitrogen and oxygen atoms in total. The van der Waals surface area contributed by atoms with Gasteiger partial charge in [-0.2, -0.15) is 0 Å². The lowest BCUT2D eigenvalue weighted by molar-refractivity contribution is -0.152. The van der Waals surface area contributed by atoms with Crippen molar-refractivity contribution in [1.29, 1.82) is 0 Å². The van der Waals surface area contributed by atoms with Crippen molar-refractivity contribution in [1.82, 2.24) is 0 Å². The first-order valence-electron chi connectivity index (χ1n) is 4.89. The van der Waals surface area contributed by atoms with Crippen LogP contribution in [-0.4, -0.2) is 18.5 Å². The summed E-state index contributed by atoms with van der Waals surface area (Å²) < 4.78 is 4.54. The molecular formula is C11H11Cl2NO3. The Hall–Kier alpha value is -1.26. The molecule has 0 radical (unpaired) electrons. The van der Waals surface area contributed by atoms with E-state index in [2.05, 4.69) is 10.1 Å². The fraction of sp³-hybridized carbons (Fsp3) is 0.273. The van der Waals surface area contributed by atoms with Crippen molar-refractivity contribution in [2.24, 2.45) is 0 Å². The van der Waals surface area contributed by atoms with Gasteiger partial charge in [0, 0.05) is 5.02 Å². The van der Waals surface area contributed by atoms with Crippen LogP contribution in [0.15, 0.2) is 12.1 Å². The second-order valence-corrected chi connectivity index (χ2v) is 4.07. The quantitative estimate of drug-likeness (QED) is 0.667. The standard InChI is InChI=1S/C11H11Cl2NO3/c1-3-17-11(16)10(15)14-9-5-7(12)6(2)4-8(9)13/h4-5H,3H2,1-2H3,(H,14,15). The summed E-state index contributed by atoms with van der Waals surface area (Å²) in [5, 5.41) is 3.10. The van der Waals surface area contributed by atoms with Crippen molar-refractivity contribution in [3.8, 4) is 0 Å². The number of aryl methyl sites for hydroxylation is 1. The first kappa shape index (κ1) is 13.8. The number of hydrogen-bond acceptors (Lipinski definition) is 3. The van der Waals surface area contributed by atoms with Crippen LogP contribution in [-0.2, 0) is 14.3 Å². The normalized spacial score (nSPS) is 9.88. The van der Waals surface area contributed by atoms with Crippen molar-refractivity contribution in [3.63, 3.8) is 0 Å². The Bertz CT molecular complexity index is 460. The molecule has 0 bridgehead atoms. The molecule has 0 fully saturated rings. The van der Waals surface area contributed by atoms with Gasteiger partial charge < -0.3 is 10.1 Å². The van der Waals surface area contributed by atoms with E-state index in [4.69, 9.17) is 23.2 Å². The fourth-order valence-electron chi connectivity index (χ4n) is 1.11. The largest absolute Gasteiger partial charge is 0.459 e. The summed E-state index contributed by atoms with van der Waals surface area (Å²) in [6.45, 7) is 3.53. The molecule has 1 N–H and O–H groups in total. The van der Waals surface area contributed by atoms with Gasteiger partial charge >= 0.3 is 11.9 Å². The summed E-state index contributed by atoms with van der Waals surface area (Å²) in [5.41, 5.74) is 1.06. The van der Waals surface area contributed by atoms with E-state index in [1.54, 1.807) is 19.9 Å². The van der Waals surface area contributed by atoms with Crippen LogP contribution in [0.3, 0.4) is 0 Å². The molecule has 0 aliphatic heterocycles. The minimum atomic E-state index is -0.958. The van der Waals surface area contributed by atoms with Gasteiger partial charge in [0.2, 0.25) is 0 Å². The maximum Gasteiger partial charge on any atom is 0.397 e. The molecule has 0 atom stereocenters. The number of nitrogens with one attached hydrogen (secondary N) is 1. The Morgan fingerprint density at radius 2 is 1.94 bits per heavy atom. The van der Waals surface area contributed by atoms with E-state index in [1.165, 1.54) is 6.07 Å². The number of carbonyl (C=O) groups excluding carboxylic acids is 2. The average molecular weight is 276 g/mol. The number of amides is 1. The highest BCUT2D eigenvalue weighted by Crippen LogP contribution is 2.28. The van der Waals surface area contributed by atoms with E-state index in [9.17, 15) is 9.59 Å². The van der Waals surface area contributed by atoms with Gasteiger partial charge in [0.15, 0.2) is 0 Å².